The Morgan fingerprint density at radius 2 is 1.65 bits per heavy atom. The summed E-state index contributed by atoms with van der Waals surface area (Å²) in [5.74, 6) is 0. The lowest BCUT2D eigenvalue weighted by molar-refractivity contribution is 1.13. The molecule has 112 valence electrons. The van der Waals surface area contributed by atoms with Crippen LogP contribution in [-0.2, 0) is 0 Å². The molecule has 0 amide bonds. The predicted molar refractivity (Wildman–Crippen MR) is 93.4 cm³/mol. The molecule has 0 N–H and O–H groups in total. The van der Waals surface area contributed by atoms with Gasteiger partial charge in [-0.05, 0) is 32.9 Å². The molecule has 3 nitrogen and oxygen atoms in total. The first kappa shape index (κ1) is 14.9. The minimum absolute atomic E-state index is 0.598. The highest BCUT2D eigenvalue weighted by Gasteiger charge is 2.11. The Hall–Kier alpha value is -2.99. The minimum Gasteiger partial charge on any atom is -0.252 e. The van der Waals surface area contributed by atoms with Crippen LogP contribution in [0.4, 0.5) is 5.69 Å². The second-order valence-corrected chi connectivity index (χ2v) is 5.69. The van der Waals surface area contributed by atoms with E-state index in [2.05, 4.69) is 46.9 Å². The summed E-state index contributed by atoms with van der Waals surface area (Å²) in [6.07, 6.45) is 1.75. The molecule has 23 heavy (non-hydrogen) atoms. The summed E-state index contributed by atoms with van der Waals surface area (Å²) in [6, 6.07) is 13.9. The van der Waals surface area contributed by atoms with Crippen molar-refractivity contribution in [2.24, 2.45) is 0 Å². The monoisotopic (exact) mass is 299 g/mol. The third kappa shape index (κ3) is 2.97. The van der Waals surface area contributed by atoms with Crippen molar-refractivity contribution in [3.63, 3.8) is 0 Å². The van der Waals surface area contributed by atoms with Crippen LogP contribution in [0.1, 0.15) is 16.8 Å². The maximum absolute atomic E-state index is 7.29. The van der Waals surface area contributed by atoms with Gasteiger partial charge < -0.3 is 0 Å². The van der Waals surface area contributed by atoms with E-state index in [-0.39, 0.29) is 0 Å². The molecule has 3 heteroatoms. The van der Waals surface area contributed by atoms with Gasteiger partial charge in [0.05, 0.1) is 29.9 Å². The number of aromatic nitrogens is 2. The van der Waals surface area contributed by atoms with Gasteiger partial charge in [-0.2, -0.15) is 0 Å². The van der Waals surface area contributed by atoms with E-state index in [0.29, 0.717) is 5.69 Å². The van der Waals surface area contributed by atoms with Gasteiger partial charge in [-0.3, -0.25) is 9.97 Å². The van der Waals surface area contributed by atoms with E-state index in [9.17, 15) is 0 Å². The van der Waals surface area contributed by atoms with Gasteiger partial charge >= 0.3 is 0 Å². The van der Waals surface area contributed by atoms with Crippen LogP contribution in [0.3, 0.4) is 0 Å². The van der Waals surface area contributed by atoms with Crippen LogP contribution in [-0.4, -0.2) is 9.97 Å². The summed E-state index contributed by atoms with van der Waals surface area (Å²) in [4.78, 5) is 12.9. The minimum atomic E-state index is 0.598. The normalized spacial score (nSPS) is 10.3. The molecule has 3 aromatic rings. The van der Waals surface area contributed by atoms with Crippen molar-refractivity contribution in [1.82, 2.24) is 9.97 Å². The van der Waals surface area contributed by atoms with Crippen molar-refractivity contribution in [2.75, 3.05) is 0 Å². The Balaban J connectivity index is 2.10. The largest absolute Gasteiger partial charge is 0.252 e. The summed E-state index contributed by atoms with van der Waals surface area (Å²) >= 11 is 0. The van der Waals surface area contributed by atoms with E-state index < -0.39 is 0 Å². The number of hydrogen-bond acceptors (Lipinski definition) is 2. The number of aryl methyl sites for hydroxylation is 3. The highest BCUT2D eigenvalue weighted by molar-refractivity contribution is 5.76. The van der Waals surface area contributed by atoms with Crippen LogP contribution < -0.4 is 0 Å². The van der Waals surface area contributed by atoms with Crippen LogP contribution >= 0.6 is 0 Å². The topological polar surface area (TPSA) is 30.1 Å². The van der Waals surface area contributed by atoms with E-state index in [4.69, 9.17) is 6.57 Å². The fraction of sp³-hybridized carbons (Fsp3) is 0.150. The summed E-state index contributed by atoms with van der Waals surface area (Å²) in [7, 11) is 0. The van der Waals surface area contributed by atoms with Crippen molar-refractivity contribution in [1.29, 1.82) is 0 Å². The van der Waals surface area contributed by atoms with Gasteiger partial charge in [0.1, 0.15) is 0 Å². The number of para-hydroxylation sites is 1. The van der Waals surface area contributed by atoms with Crippen LogP contribution in [0, 0.1) is 27.3 Å². The zero-order chi connectivity index (χ0) is 16.4. The molecule has 0 aliphatic heterocycles. The van der Waals surface area contributed by atoms with Gasteiger partial charge in [-0.25, -0.2) is 4.85 Å². The Bertz CT molecular complexity index is 900. The van der Waals surface area contributed by atoms with E-state index in [1.165, 1.54) is 11.1 Å². The molecule has 0 radical (unpaired) electrons. The highest BCUT2D eigenvalue weighted by Crippen LogP contribution is 2.30. The number of benzene rings is 2. The van der Waals surface area contributed by atoms with Gasteiger partial charge in [-0.1, -0.05) is 41.5 Å². The van der Waals surface area contributed by atoms with E-state index in [0.717, 1.165) is 28.2 Å². The van der Waals surface area contributed by atoms with Crippen molar-refractivity contribution in [3.8, 4) is 22.5 Å². The van der Waals surface area contributed by atoms with Crippen molar-refractivity contribution >= 4 is 5.69 Å². The van der Waals surface area contributed by atoms with Crippen LogP contribution in [0.25, 0.3) is 27.4 Å². The summed E-state index contributed by atoms with van der Waals surface area (Å²) in [5.41, 5.74) is 7.42. The maximum atomic E-state index is 7.29. The molecule has 2 aromatic carbocycles. The molecular formula is C20H17N3. The van der Waals surface area contributed by atoms with Gasteiger partial charge in [0, 0.05) is 11.1 Å². The Labute approximate surface area is 136 Å². The van der Waals surface area contributed by atoms with Crippen LogP contribution in [0.5, 0.6) is 0 Å². The van der Waals surface area contributed by atoms with E-state index in [1.54, 1.807) is 12.3 Å². The molecule has 0 bridgehead atoms. The molecule has 1 aromatic heterocycles. The first-order valence-electron chi connectivity index (χ1n) is 7.47. The smallest absolute Gasteiger partial charge is 0.196 e. The third-order valence-electron chi connectivity index (χ3n) is 3.74. The van der Waals surface area contributed by atoms with Crippen LogP contribution in [0.15, 0.2) is 48.7 Å². The average molecular weight is 299 g/mol. The Morgan fingerprint density at radius 3 is 2.30 bits per heavy atom. The van der Waals surface area contributed by atoms with Gasteiger partial charge in [0.25, 0.3) is 0 Å². The second-order valence-electron chi connectivity index (χ2n) is 5.69. The lowest BCUT2D eigenvalue weighted by Crippen LogP contribution is -1.96. The molecule has 0 spiro atoms. The first-order valence-corrected chi connectivity index (χ1v) is 7.47. The molecule has 3 rings (SSSR count). The highest BCUT2D eigenvalue weighted by atomic mass is 14.8. The number of hydrogen-bond donors (Lipinski definition) is 0. The number of rotatable bonds is 2. The Kier molecular flexibility index (Phi) is 3.91. The van der Waals surface area contributed by atoms with Gasteiger partial charge in [0.15, 0.2) is 5.69 Å². The number of nitrogens with zero attached hydrogens (tertiary/aromatic N) is 3. The molecule has 0 aliphatic carbocycles. The second kappa shape index (κ2) is 6.02. The van der Waals surface area contributed by atoms with Crippen molar-refractivity contribution in [2.45, 2.75) is 20.8 Å². The van der Waals surface area contributed by atoms with E-state index >= 15 is 0 Å². The lowest BCUT2D eigenvalue weighted by Gasteiger charge is -2.10. The zero-order valence-corrected chi connectivity index (χ0v) is 13.5. The first-order chi connectivity index (χ1) is 11.1. The van der Waals surface area contributed by atoms with Gasteiger partial charge in [0.2, 0.25) is 0 Å². The van der Waals surface area contributed by atoms with Crippen LogP contribution in [0.2, 0.25) is 0 Å². The molecule has 0 atom stereocenters. The molecular weight excluding hydrogens is 282 g/mol. The maximum Gasteiger partial charge on any atom is 0.196 e. The van der Waals surface area contributed by atoms with E-state index in [1.807, 2.05) is 25.1 Å². The fourth-order valence-corrected chi connectivity index (χ4v) is 2.79. The summed E-state index contributed by atoms with van der Waals surface area (Å²) < 4.78 is 0. The summed E-state index contributed by atoms with van der Waals surface area (Å²) in [6.45, 7) is 13.4. The SMILES string of the molecule is [C-]#[N+]c1ccccc1-c1cnc(-c2cc(C)cc(C)c2)c(C)n1. The zero-order valence-electron chi connectivity index (χ0n) is 13.5. The fourth-order valence-electron chi connectivity index (χ4n) is 2.79. The summed E-state index contributed by atoms with van der Waals surface area (Å²) in [5, 5.41) is 0. The molecule has 0 saturated carbocycles. The van der Waals surface area contributed by atoms with Gasteiger partial charge in [-0.15, -0.1) is 0 Å². The molecule has 0 fully saturated rings. The molecule has 0 unspecified atom stereocenters. The third-order valence-corrected chi connectivity index (χ3v) is 3.74. The predicted octanol–water partition coefficient (Wildman–Crippen LogP) is 5.29. The average Bonchev–Trinajstić information content (AvgIpc) is 2.53. The lowest BCUT2D eigenvalue weighted by atomic mass is 10.0. The van der Waals surface area contributed by atoms with Crippen molar-refractivity contribution < 1.29 is 0 Å². The standard InChI is InChI=1S/C20H17N3/c1-13-9-14(2)11-16(10-13)20-15(3)23-19(12-22-20)17-7-5-6-8-18(17)21-4/h5-12H,1-3H3. The molecule has 0 aliphatic rings. The molecule has 1 heterocycles. The van der Waals surface area contributed by atoms with Crippen molar-refractivity contribution in [3.05, 3.63) is 76.9 Å². The molecule has 0 saturated heterocycles. The Morgan fingerprint density at radius 1 is 0.957 bits per heavy atom. The quantitative estimate of drug-likeness (QED) is 0.602.